The molecule has 0 spiro atoms. The topological polar surface area (TPSA) is 41.0 Å². The lowest BCUT2D eigenvalue weighted by atomic mass is 9.94. The van der Waals surface area contributed by atoms with E-state index >= 15 is 0 Å². The quantitative estimate of drug-likeness (QED) is 0.292. The number of aryl methyl sites for hydroxylation is 1. The lowest BCUT2D eigenvalue weighted by Crippen LogP contribution is -1.97. The fraction of sp³-hybridized carbons (Fsp3) is 0.226. The number of nitrogens with zero attached hydrogens (tertiary/aromatic N) is 2. The van der Waals surface area contributed by atoms with Crippen LogP contribution in [0.25, 0.3) is 28.2 Å². The second-order valence-corrected chi connectivity index (χ2v) is 8.89. The van der Waals surface area contributed by atoms with Crippen molar-refractivity contribution in [3.8, 4) is 22.6 Å². The van der Waals surface area contributed by atoms with Crippen molar-refractivity contribution in [2.45, 2.75) is 46.0 Å². The van der Waals surface area contributed by atoms with Crippen LogP contribution < -0.4 is 0 Å². The Balaban J connectivity index is 1.52. The highest BCUT2D eigenvalue weighted by Gasteiger charge is 2.21. The summed E-state index contributed by atoms with van der Waals surface area (Å²) < 4.78 is 0. The Morgan fingerprint density at radius 1 is 0.706 bits per heavy atom. The Labute approximate surface area is 202 Å². The first-order valence-corrected chi connectivity index (χ1v) is 12.4. The summed E-state index contributed by atoms with van der Waals surface area (Å²) in [6.07, 6.45) is 5.01. The average Bonchev–Trinajstić information content (AvgIpc) is 3.51. The van der Waals surface area contributed by atoms with Gasteiger partial charge in [-0.25, -0.2) is 4.98 Å². The number of aliphatic imine (C=N–C) groups is 1. The van der Waals surface area contributed by atoms with E-state index in [1.54, 1.807) is 0 Å². The van der Waals surface area contributed by atoms with Crippen molar-refractivity contribution < 1.29 is 0 Å². The summed E-state index contributed by atoms with van der Waals surface area (Å²) in [7, 11) is 0. The SMILES string of the molecule is CCCC1=C(c2cccc(-c3nc(-c4ccccc4)[nH]c3CCC)c2)CC(c2ccccc2)=N1. The number of imidazole rings is 1. The smallest absolute Gasteiger partial charge is 0.138 e. The normalized spacial score (nSPS) is 13.4. The highest BCUT2D eigenvalue weighted by Crippen LogP contribution is 2.36. The van der Waals surface area contributed by atoms with E-state index in [-0.39, 0.29) is 0 Å². The molecule has 3 aromatic carbocycles. The van der Waals surface area contributed by atoms with Crippen LogP contribution in [-0.2, 0) is 6.42 Å². The van der Waals surface area contributed by atoms with Gasteiger partial charge in [0.05, 0.1) is 11.4 Å². The van der Waals surface area contributed by atoms with Gasteiger partial charge in [0.1, 0.15) is 5.82 Å². The molecule has 4 aromatic rings. The molecule has 0 radical (unpaired) electrons. The molecule has 3 nitrogen and oxygen atoms in total. The third kappa shape index (κ3) is 4.51. The number of benzene rings is 3. The molecule has 170 valence electrons. The lowest BCUT2D eigenvalue weighted by Gasteiger charge is -2.09. The first-order valence-electron chi connectivity index (χ1n) is 12.4. The van der Waals surface area contributed by atoms with E-state index in [1.807, 2.05) is 6.07 Å². The van der Waals surface area contributed by atoms with E-state index in [4.69, 9.17) is 9.98 Å². The molecule has 1 N–H and O–H groups in total. The monoisotopic (exact) mass is 445 g/mol. The van der Waals surface area contributed by atoms with Gasteiger partial charge in [-0.3, -0.25) is 4.99 Å². The molecule has 0 fully saturated rings. The van der Waals surface area contributed by atoms with E-state index in [1.165, 1.54) is 33.8 Å². The van der Waals surface area contributed by atoms with Gasteiger partial charge in [-0.05, 0) is 35.6 Å². The van der Waals surface area contributed by atoms with Gasteiger partial charge in [0.2, 0.25) is 0 Å². The molecule has 1 aromatic heterocycles. The van der Waals surface area contributed by atoms with Gasteiger partial charge in [-0.2, -0.15) is 0 Å². The first-order chi connectivity index (χ1) is 16.8. The van der Waals surface area contributed by atoms with Gasteiger partial charge < -0.3 is 4.98 Å². The molecule has 0 unspecified atom stereocenters. The highest BCUT2D eigenvalue weighted by molar-refractivity contribution is 6.10. The zero-order chi connectivity index (χ0) is 23.3. The number of rotatable bonds is 8. The zero-order valence-electron chi connectivity index (χ0n) is 20.0. The summed E-state index contributed by atoms with van der Waals surface area (Å²) in [6.45, 7) is 4.44. The predicted molar refractivity (Wildman–Crippen MR) is 143 cm³/mol. The van der Waals surface area contributed by atoms with E-state index in [2.05, 4.69) is 97.7 Å². The minimum absolute atomic E-state index is 0.875. The highest BCUT2D eigenvalue weighted by atomic mass is 14.9. The van der Waals surface area contributed by atoms with Gasteiger partial charge in [-0.1, -0.05) is 106 Å². The molecule has 3 heteroatoms. The summed E-state index contributed by atoms with van der Waals surface area (Å²) in [5.41, 5.74) is 10.7. The number of hydrogen-bond acceptors (Lipinski definition) is 2. The van der Waals surface area contributed by atoms with Crippen LogP contribution in [0.1, 0.15) is 56.4 Å². The molecule has 0 amide bonds. The number of aromatic nitrogens is 2. The molecular formula is C31H31N3. The fourth-order valence-corrected chi connectivity index (χ4v) is 4.71. The average molecular weight is 446 g/mol. The maximum atomic E-state index is 5.07. The van der Waals surface area contributed by atoms with Crippen LogP contribution in [-0.4, -0.2) is 15.7 Å². The van der Waals surface area contributed by atoms with Crippen molar-refractivity contribution in [1.29, 1.82) is 0 Å². The Bertz CT molecular complexity index is 1330. The molecule has 2 heterocycles. The first kappa shape index (κ1) is 22.1. The molecular weight excluding hydrogens is 414 g/mol. The third-order valence-electron chi connectivity index (χ3n) is 6.37. The van der Waals surface area contributed by atoms with Gasteiger partial charge in [0, 0.05) is 28.9 Å². The van der Waals surface area contributed by atoms with Crippen molar-refractivity contribution in [1.82, 2.24) is 9.97 Å². The molecule has 0 saturated heterocycles. The number of hydrogen-bond donors (Lipinski definition) is 1. The number of allylic oxidation sites excluding steroid dienone is 2. The molecule has 0 saturated carbocycles. The maximum Gasteiger partial charge on any atom is 0.138 e. The van der Waals surface area contributed by atoms with Crippen molar-refractivity contribution in [3.63, 3.8) is 0 Å². The van der Waals surface area contributed by atoms with Crippen molar-refractivity contribution >= 4 is 11.3 Å². The van der Waals surface area contributed by atoms with Crippen molar-refractivity contribution in [3.05, 3.63) is 107 Å². The second-order valence-electron chi connectivity index (χ2n) is 8.89. The molecule has 1 aliphatic heterocycles. The van der Waals surface area contributed by atoms with Crippen LogP contribution >= 0.6 is 0 Å². The van der Waals surface area contributed by atoms with Gasteiger partial charge in [0.15, 0.2) is 0 Å². The van der Waals surface area contributed by atoms with Crippen molar-refractivity contribution in [2.75, 3.05) is 0 Å². The van der Waals surface area contributed by atoms with E-state index in [9.17, 15) is 0 Å². The summed E-state index contributed by atoms with van der Waals surface area (Å²) >= 11 is 0. The Morgan fingerprint density at radius 3 is 2.06 bits per heavy atom. The standard InChI is InChI=1S/C31H31N3/c1-3-12-27-26(21-29(32-27)22-14-7-5-8-15-22)24-18-11-19-25(20-24)30-28(13-4-2)33-31(34-30)23-16-9-6-10-17-23/h5-11,14-20H,3-4,12-13,21H2,1-2H3,(H,33,34). The molecule has 1 aliphatic rings. The summed E-state index contributed by atoms with van der Waals surface area (Å²) in [5, 5.41) is 0. The number of nitrogens with one attached hydrogen (secondary N) is 1. The fourth-order valence-electron chi connectivity index (χ4n) is 4.71. The third-order valence-corrected chi connectivity index (χ3v) is 6.37. The van der Waals surface area contributed by atoms with Crippen molar-refractivity contribution in [2.24, 2.45) is 4.99 Å². The van der Waals surface area contributed by atoms with Crippen LogP contribution in [0.4, 0.5) is 0 Å². The molecule has 0 atom stereocenters. The molecule has 34 heavy (non-hydrogen) atoms. The van der Waals surface area contributed by atoms with Crippen LogP contribution in [0, 0.1) is 0 Å². The molecule has 0 aliphatic carbocycles. The Kier molecular flexibility index (Phi) is 6.53. The number of H-pyrrole nitrogens is 1. The van der Waals surface area contributed by atoms with Gasteiger partial charge >= 0.3 is 0 Å². The van der Waals surface area contributed by atoms with Crippen LogP contribution in [0.2, 0.25) is 0 Å². The predicted octanol–water partition coefficient (Wildman–Crippen LogP) is 8.10. The lowest BCUT2D eigenvalue weighted by molar-refractivity contribution is 0.895. The van der Waals surface area contributed by atoms with E-state index in [0.717, 1.165) is 54.7 Å². The zero-order valence-corrected chi connectivity index (χ0v) is 20.0. The van der Waals surface area contributed by atoms with Crippen LogP contribution in [0.3, 0.4) is 0 Å². The van der Waals surface area contributed by atoms with Gasteiger partial charge in [0.25, 0.3) is 0 Å². The second kappa shape index (κ2) is 10.0. The number of aromatic amines is 1. The molecule has 5 rings (SSSR count). The summed E-state index contributed by atoms with van der Waals surface area (Å²) in [4.78, 5) is 13.7. The van der Waals surface area contributed by atoms with E-state index < -0.39 is 0 Å². The van der Waals surface area contributed by atoms with Crippen LogP contribution in [0.5, 0.6) is 0 Å². The van der Waals surface area contributed by atoms with E-state index in [0.29, 0.717) is 0 Å². The summed E-state index contributed by atoms with van der Waals surface area (Å²) in [6, 6.07) is 29.8. The largest absolute Gasteiger partial charge is 0.341 e. The Morgan fingerprint density at radius 2 is 1.35 bits per heavy atom. The molecule has 0 bridgehead atoms. The summed E-state index contributed by atoms with van der Waals surface area (Å²) in [5.74, 6) is 0.936. The minimum atomic E-state index is 0.875. The van der Waals surface area contributed by atoms with Gasteiger partial charge in [-0.15, -0.1) is 0 Å². The minimum Gasteiger partial charge on any atom is -0.341 e. The van der Waals surface area contributed by atoms with Crippen LogP contribution in [0.15, 0.2) is 95.6 Å². The Hall–Kier alpha value is -3.72. The maximum absolute atomic E-state index is 5.07.